The molecule has 3 nitrogen and oxygen atoms in total. The Morgan fingerprint density at radius 3 is 2.57 bits per heavy atom. The molecule has 21 heavy (non-hydrogen) atoms. The first-order chi connectivity index (χ1) is 10.1. The summed E-state index contributed by atoms with van der Waals surface area (Å²) >= 11 is 0. The predicted octanol–water partition coefficient (Wildman–Crippen LogP) is 3.23. The van der Waals surface area contributed by atoms with Gasteiger partial charge in [-0.3, -0.25) is 4.79 Å². The molecule has 2 rings (SSSR count). The van der Waals surface area contributed by atoms with Gasteiger partial charge in [0.25, 0.3) is 5.91 Å². The van der Waals surface area contributed by atoms with Crippen LogP contribution in [-0.4, -0.2) is 19.0 Å². The zero-order valence-corrected chi connectivity index (χ0v) is 12.2. The summed E-state index contributed by atoms with van der Waals surface area (Å²) in [4.78, 5) is 11.6. The average molecular weight is 286 g/mol. The van der Waals surface area contributed by atoms with Crippen LogP contribution in [0.1, 0.15) is 22.8 Å². The summed E-state index contributed by atoms with van der Waals surface area (Å²) in [6.07, 6.45) is 0.782. The summed E-state index contributed by atoms with van der Waals surface area (Å²) in [7, 11) is 1.61. The second-order valence-corrected chi connectivity index (χ2v) is 5.04. The Labute approximate surface area is 124 Å². The van der Waals surface area contributed by atoms with E-state index in [9.17, 15) is 9.18 Å². The molecule has 0 aliphatic rings. The van der Waals surface area contributed by atoms with E-state index >= 15 is 0 Å². The quantitative estimate of drug-likeness (QED) is 0.886. The van der Waals surface area contributed by atoms with Gasteiger partial charge in [-0.2, -0.15) is 0 Å². The van der Waals surface area contributed by atoms with Crippen LogP contribution in [0, 0.1) is 5.82 Å². The molecule has 0 aliphatic heterocycles. The first kappa shape index (κ1) is 15.0. The topological polar surface area (TPSA) is 41.1 Å². The lowest BCUT2D eigenvalue weighted by Crippen LogP contribution is -2.20. The number of nitrogens with one attached hydrogen (secondary N) is 2. The van der Waals surface area contributed by atoms with E-state index in [4.69, 9.17) is 0 Å². The van der Waals surface area contributed by atoms with Gasteiger partial charge < -0.3 is 10.6 Å². The molecule has 0 radical (unpaired) electrons. The lowest BCUT2D eigenvalue weighted by atomic mass is 10.1. The standard InChI is InChI=1S/C17H19FN2O/c1-12(10-13-6-8-15(18)9-7-13)20-16-5-3-4-14(11-16)17(21)19-2/h3-9,11-12,20H,10H2,1-2H3,(H,19,21). The summed E-state index contributed by atoms with van der Waals surface area (Å²) in [5.41, 5.74) is 2.58. The molecule has 0 aliphatic carbocycles. The number of carbonyl (C=O) groups excluding carboxylic acids is 1. The molecule has 0 saturated heterocycles. The van der Waals surface area contributed by atoms with E-state index in [0.29, 0.717) is 5.56 Å². The van der Waals surface area contributed by atoms with Crippen molar-refractivity contribution in [3.63, 3.8) is 0 Å². The Morgan fingerprint density at radius 1 is 1.19 bits per heavy atom. The lowest BCUT2D eigenvalue weighted by molar-refractivity contribution is 0.0963. The Hall–Kier alpha value is -2.36. The normalized spacial score (nSPS) is 11.8. The van der Waals surface area contributed by atoms with Gasteiger partial charge >= 0.3 is 0 Å². The number of benzene rings is 2. The van der Waals surface area contributed by atoms with E-state index in [1.165, 1.54) is 12.1 Å². The Kier molecular flexibility index (Phi) is 4.93. The van der Waals surface area contributed by atoms with Gasteiger partial charge in [-0.05, 0) is 49.2 Å². The molecule has 0 bridgehead atoms. The minimum absolute atomic E-state index is 0.107. The van der Waals surface area contributed by atoms with Crippen molar-refractivity contribution >= 4 is 11.6 Å². The van der Waals surface area contributed by atoms with Gasteiger partial charge in [-0.1, -0.05) is 18.2 Å². The van der Waals surface area contributed by atoms with Crippen molar-refractivity contribution in [3.8, 4) is 0 Å². The van der Waals surface area contributed by atoms with Crippen LogP contribution in [0.4, 0.5) is 10.1 Å². The summed E-state index contributed by atoms with van der Waals surface area (Å²) in [6.45, 7) is 2.05. The fourth-order valence-corrected chi connectivity index (χ4v) is 2.20. The minimum Gasteiger partial charge on any atom is -0.382 e. The number of halogens is 1. The van der Waals surface area contributed by atoms with E-state index in [1.807, 2.05) is 18.2 Å². The van der Waals surface area contributed by atoms with Crippen LogP contribution in [0.5, 0.6) is 0 Å². The third-order valence-corrected chi connectivity index (χ3v) is 3.22. The fourth-order valence-electron chi connectivity index (χ4n) is 2.20. The van der Waals surface area contributed by atoms with Gasteiger partial charge in [0, 0.05) is 24.3 Å². The summed E-state index contributed by atoms with van der Waals surface area (Å²) < 4.78 is 12.9. The molecular weight excluding hydrogens is 267 g/mol. The maximum atomic E-state index is 12.9. The highest BCUT2D eigenvalue weighted by Crippen LogP contribution is 2.14. The number of amides is 1. The molecule has 110 valence electrons. The SMILES string of the molecule is CNC(=O)c1cccc(NC(C)Cc2ccc(F)cc2)c1. The molecule has 1 amide bonds. The molecule has 1 atom stereocenters. The van der Waals surface area contributed by atoms with E-state index < -0.39 is 0 Å². The van der Waals surface area contributed by atoms with Crippen molar-refractivity contribution < 1.29 is 9.18 Å². The lowest BCUT2D eigenvalue weighted by Gasteiger charge is -2.16. The van der Waals surface area contributed by atoms with E-state index in [1.54, 1.807) is 25.2 Å². The predicted molar refractivity (Wildman–Crippen MR) is 83.0 cm³/mol. The van der Waals surface area contributed by atoms with Crippen LogP contribution < -0.4 is 10.6 Å². The molecule has 0 heterocycles. The smallest absolute Gasteiger partial charge is 0.251 e. The highest BCUT2D eigenvalue weighted by Gasteiger charge is 2.07. The number of carbonyl (C=O) groups is 1. The molecule has 0 spiro atoms. The number of hydrogen-bond donors (Lipinski definition) is 2. The third kappa shape index (κ3) is 4.31. The molecule has 0 fully saturated rings. The molecule has 0 aromatic heterocycles. The number of hydrogen-bond acceptors (Lipinski definition) is 2. The van der Waals surface area contributed by atoms with E-state index in [-0.39, 0.29) is 17.8 Å². The van der Waals surface area contributed by atoms with Crippen molar-refractivity contribution in [2.75, 3.05) is 12.4 Å². The maximum Gasteiger partial charge on any atom is 0.251 e. The monoisotopic (exact) mass is 286 g/mol. The van der Waals surface area contributed by atoms with Crippen molar-refractivity contribution in [2.45, 2.75) is 19.4 Å². The average Bonchev–Trinajstić information content (AvgIpc) is 2.49. The molecule has 0 saturated carbocycles. The Bertz CT molecular complexity index is 610. The summed E-state index contributed by atoms with van der Waals surface area (Å²) in [5, 5.41) is 5.96. The van der Waals surface area contributed by atoms with Gasteiger partial charge in [0.2, 0.25) is 0 Å². The third-order valence-electron chi connectivity index (χ3n) is 3.22. The maximum absolute atomic E-state index is 12.9. The van der Waals surface area contributed by atoms with Crippen LogP contribution >= 0.6 is 0 Å². The number of anilines is 1. The Morgan fingerprint density at radius 2 is 1.90 bits per heavy atom. The Balaban J connectivity index is 2.00. The summed E-state index contributed by atoms with van der Waals surface area (Å²) in [6, 6.07) is 14.0. The molecule has 2 aromatic rings. The highest BCUT2D eigenvalue weighted by atomic mass is 19.1. The first-order valence-corrected chi connectivity index (χ1v) is 6.91. The molecule has 4 heteroatoms. The van der Waals surface area contributed by atoms with E-state index in [2.05, 4.69) is 17.6 Å². The minimum atomic E-state index is -0.224. The number of rotatable bonds is 5. The van der Waals surface area contributed by atoms with Crippen LogP contribution in [0.25, 0.3) is 0 Å². The van der Waals surface area contributed by atoms with Crippen molar-refractivity contribution in [2.24, 2.45) is 0 Å². The van der Waals surface area contributed by atoms with Crippen molar-refractivity contribution in [3.05, 3.63) is 65.5 Å². The second kappa shape index (κ2) is 6.88. The van der Waals surface area contributed by atoms with Crippen LogP contribution in [0.15, 0.2) is 48.5 Å². The largest absolute Gasteiger partial charge is 0.382 e. The zero-order valence-electron chi connectivity index (χ0n) is 12.2. The van der Waals surface area contributed by atoms with E-state index in [0.717, 1.165) is 17.7 Å². The van der Waals surface area contributed by atoms with Crippen LogP contribution in [-0.2, 0) is 6.42 Å². The zero-order chi connectivity index (χ0) is 15.2. The van der Waals surface area contributed by atoms with Gasteiger partial charge in [0.15, 0.2) is 0 Å². The summed E-state index contributed by atoms with van der Waals surface area (Å²) in [5.74, 6) is -0.331. The molecule has 2 N–H and O–H groups in total. The molecular formula is C17H19FN2O. The van der Waals surface area contributed by atoms with Crippen LogP contribution in [0.2, 0.25) is 0 Å². The molecule has 2 aromatic carbocycles. The van der Waals surface area contributed by atoms with Gasteiger partial charge in [0.05, 0.1) is 0 Å². The van der Waals surface area contributed by atoms with Gasteiger partial charge in [-0.15, -0.1) is 0 Å². The van der Waals surface area contributed by atoms with Crippen LogP contribution in [0.3, 0.4) is 0 Å². The van der Waals surface area contributed by atoms with Gasteiger partial charge in [0.1, 0.15) is 5.82 Å². The van der Waals surface area contributed by atoms with Gasteiger partial charge in [-0.25, -0.2) is 4.39 Å². The molecule has 1 unspecified atom stereocenters. The first-order valence-electron chi connectivity index (χ1n) is 6.91. The second-order valence-electron chi connectivity index (χ2n) is 5.04. The highest BCUT2D eigenvalue weighted by molar-refractivity contribution is 5.94. The van der Waals surface area contributed by atoms with Crippen molar-refractivity contribution in [1.29, 1.82) is 0 Å². The fraction of sp³-hybridized carbons (Fsp3) is 0.235. The van der Waals surface area contributed by atoms with Crippen molar-refractivity contribution in [1.82, 2.24) is 5.32 Å².